The number of nitrogens with one attached hydrogen (secondary N) is 1. The van der Waals surface area contributed by atoms with Crippen LogP contribution in [0.4, 0.5) is 20.4 Å². The van der Waals surface area contributed by atoms with Crippen molar-refractivity contribution in [2.45, 2.75) is 38.8 Å². The Bertz CT molecular complexity index is 1430. The molecule has 0 amide bonds. The summed E-state index contributed by atoms with van der Waals surface area (Å²) in [6, 6.07) is 7.17. The van der Waals surface area contributed by atoms with Crippen LogP contribution in [0.1, 0.15) is 37.3 Å². The van der Waals surface area contributed by atoms with Gasteiger partial charge in [0.1, 0.15) is 17.0 Å². The lowest BCUT2D eigenvalue weighted by atomic mass is 10.1. The molecule has 6 rings (SSSR count). The van der Waals surface area contributed by atoms with E-state index < -0.39 is 11.6 Å². The number of pyridine rings is 1. The Morgan fingerprint density at radius 3 is 2.62 bits per heavy atom. The van der Waals surface area contributed by atoms with Crippen LogP contribution >= 0.6 is 0 Å². The molecule has 0 aliphatic carbocycles. The number of hydrogen-bond donors (Lipinski definition) is 1. The molecular weight excluding hydrogens is 474 g/mol. The van der Waals surface area contributed by atoms with Crippen molar-refractivity contribution in [2.75, 3.05) is 38.5 Å². The van der Waals surface area contributed by atoms with E-state index in [4.69, 9.17) is 0 Å². The van der Waals surface area contributed by atoms with Crippen molar-refractivity contribution in [1.29, 1.82) is 0 Å². The van der Waals surface area contributed by atoms with Crippen LogP contribution in [0.3, 0.4) is 0 Å². The van der Waals surface area contributed by atoms with Gasteiger partial charge in [-0.05, 0) is 51.1 Å². The molecular formula is C27H30F2N8. The first-order valence-corrected chi connectivity index (χ1v) is 12.8. The first kappa shape index (κ1) is 23.9. The number of aromatic nitrogens is 5. The van der Waals surface area contributed by atoms with Gasteiger partial charge in [-0.2, -0.15) is 0 Å². The van der Waals surface area contributed by atoms with Crippen molar-refractivity contribution in [3.05, 3.63) is 59.8 Å². The number of fused-ring (bicyclic) bond motifs is 3. The van der Waals surface area contributed by atoms with E-state index in [1.807, 2.05) is 12.1 Å². The summed E-state index contributed by atoms with van der Waals surface area (Å²) in [4.78, 5) is 22.3. The number of rotatable bonds is 5. The zero-order valence-corrected chi connectivity index (χ0v) is 21.1. The molecule has 1 atom stereocenters. The van der Waals surface area contributed by atoms with Crippen LogP contribution in [0, 0.1) is 11.6 Å². The van der Waals surface area contributed by atoms with E-state index in [2.05, 4.69) is 53.6 Å². The Hall–Kier alpha value is -3.50. The normalized spacial score (nSPS) is 18.8. The van der Waals surface area contributed by atoms with Gasteiger partial charge < -0.3 is 14.8 Å². The monoisotopic (exact) mass is 504 g/mol. The van der Waals surface area contributed by atoms with Gasteiger partial charge in [0.05, 0.1) is 29.3 Å². The van der Waals surface area contributed by atoms with E-state index in [1.165, 1.54) is 6.07 Å². The summed E-state index contributed by atoms with van der Waals surface area (Å²) in [5.74, 6) is -0.00118. The number of likely N-dealkylation sites (N-methyl/N-ethyl adjacent to an activating group) is 1. The molecule has 2 aliphatic rings. The summed E-state index contributed by atoms with van der Waals surface area (Å²) in [5, 5.41) is 3.10. The number of anilines is 2. The minimum absolute atomic E-state index is 0.0389. The highest BCUT2D eigenvalue weighted by atomic mass is 19.1. The lowest BCUT2D eigenvalue weighted by Crippen LogP contribution is -2.43. The average Bonchev–Trinajstić information content (AvgIpc) is 3.28. The van der Waals surface area contributed by atoms with Gasteiger partial charge in [-0.3, -0.25) is 9.88 Å². The van der Waals surface area contributed by atoms with E-state index in [1.54, 1.807) is 12.3 Å². The molecule has 1 saturated heterocycles. The predicted octanol–water partition coefficient (Wildman–Crippen LogP) is 4.55. The highest BCUT2D eigenvalue weighted by Gasteiger charge is 2.23. The van der Waals surface area contributed by atoms with Gasteiger partial charge in [0.15, 0.2) is 11.6 Å². The van der Waals surface area contributed by atoms with Gasteiger partial charge in [0, 0.05) is 50.7 Å². The van der Waals surface area contributed by atoms with Crippen LogP contribution in [-0.2, 0) is 13.0 Å². The SMILES string of the molecule is CC1CCCc2nc3c(F)cc(-c4nc(Nc5ccc(CN6CCN(C)CC6)nc5)ncc4F)cc3n21. The third-order valence-electron chi connectivity index (χ3n) is 7.36. The van der Waals surface area contributed by atoms with Gasteiger partial charge in [-0.1, -0.05) is 0 Å². The minimum atomic E-state index is -0.614. The quantitative estimate of drug-likeness (QED) is 0.427. The molecule has 5 heterocycles. The van der Waals surface area contributed by atoms with Gasteiger partial charge in [-0.15, -0.1) is 0 Å². The third-order valence-corrected chi connectivity index (χ3v) is 7.36. The van der Waals surface area contributed by atoms with E-state index >= 15 is 4.39 Å². The summed E-state index contributed by atoms with van der Waals surface area (Å²) in [6.07, 6.45) is 5.68. The summed E-state index contributed by atoms with van der Waals surface area (Å²) in [6.45, 7) is 7.07. The number of nitrogens with zero attached hydrogens (tertiary/aromatic N) is 7. The number of imidazole rings is 1. The molecule has 0 spiro atoms. The van der Waals surface area contributed by atoms with Gasteiger partial charge in [0.2, 0.25) is 5.95 Å². The van der Waals surface area contributed by atoms with Crippen molar-refractivity contribution in [1.82, 2.24) is 34.3 Å². The van der Waals surface area contributed by atoms with Crippen LogP contribution < -0.4 is 5.32 Å². The molecule has 1 N–H and O–H groups in total. The zero-order chi connectivity index (χ0) is 25.5. The third kappa shape index (κ3) is 4.78. The van der Waals surface area contributed by atoms with E-state index in [0.717, 1.165) is 69.7 Å². The van der Waals surface area contributed by atoms with Crippen LogP contribution in [0.25, 0.3) is 22.3 Å². The number of hydrogen-bond acceptors (Lipinski definition) is 7. The Balaban J connectivity index is 1.24. The van der Waals surface area contributed by atoms with Crippen molar-refractivity contribution in [2.24, 2.45) is 0 Å². The number of benzene rings is 1. The number of halogens is 2. The second kappa shape index (κ2) is 9.75. The topological polar surface area (TPSA) is 75.0 Å². The average molecular weight is 505 g/mol. The lowest BCUT2D eigenvalue weighted by molar-refractivity contribution is 0.147. The molecule has 192 valence electrons. The van der Waals surface area contributed by atoms with Gasteiger partial charge in [-0.25, -0.2) is 23.7 Å². The molecule has 0 saturated carbocycles. The minimum Gasteiger partial charge on any atom is -0.325 e. The fraction of sp³-hybridized carbons (Fsp3) is 0.407. The molecule has 0 bridgehead atoms. The van der Waals surface area contributed by atoms with Gasteiger partial charge >= 0.3 is 0 Å². The van der Waals surface area contributed by atoms with Crippen molar-refractivity contribution >= 4 is 22.7 Å². The second-order valence-corrected chi connectivity index (χ2v) is 10.1. The summed E-state index contributed by atoms with van der Waals surface area (Å²) < 4.78 is 32.0. The van der Waals surface area contributed by atoms with Gasteiger partial charge in [0.25, 0.3) is 0 Å². The lowest BCUT2D eigenvalue weighted by Gasteiger charge is -2.32. The Morgan fingerprint density at radius 2 is 1.84 bits per heavy atom. The van der Waals surface area contributed by atoms with Crippen LogP contribution in [-0.4, -0.2) is 67.5 Å². The molecule has 1 fully saturated rings. The van der Waals surface area contributed by atoms with E-state index in [-0.39, 0.29) is 17.7 Å². The molecule has 10 heteroatoms. The zero-order valence-electron chi connectivity index (χ0n) is 21.1. The first-order valence-electron chi connectivity index (χ1n) is 12.8. The largest absolute Gasteiger partial charge is 0.325 e. The Morgan fingerprint density at radius 1 is 1.00 bits per heavy atom. The maximum atomic E-state index is 15.1. The Kier molecular flexibility index (Phi) is 6.29. The smallest absolute Gasteiger partial charge is 0.227 e. The van der Waals surface area contributed by atoms with Crippen molar-refractivity contribution < 1.29 is 8.78 Å². The van der Waals surface area contributed by atoms with E-state index in [0.29, 0.717) is 22.3 Å². The standard InChI is InChI=1S/C27H30F2N8/c1-17-4-3-5-24-33-26-21(28)12-18(13-23(26)37(17)24)25-22(29)15-31-27(34-25)32-19-6-7-20(30-14-19)16-36-10-8-35(2)9-11-36/h6-7,12-15,17H,3-5,8-11,16H2,1-2H3,(H,31,32,34). The maximum absolute atomic E-state index is 15.1. The highest BCUT2D eigenvalue weighted by Crippen LogP contribution is 2.34. The summed E-state index contributed by atoms with van der Waals surface area (Å²) in [5.41, 5.74) is 3.07. The van der Waals surface area contributed by atoms with Crippen LogP contribution in [0.15, 0.2) is 36.7 Å². The molecule has 1 aromatic carbocycles. The first-order chi connectivity index (χ1) is 17.9. The molecule has 2 aliphatic heterocycles. The summed E-state index contributed by atoms with van der Waals surface area (Å²) >= 11 is 0. The van der Waals surface area contributed by atoms with E-state index in [9.17, 15) is 4.39 Å². The fourth-order valence-corrected chi connectivity index (χ4v) is 5.28. The number of aryl methyl sites for hydroxylation is 1. The number of piperazine rings is 1. The molecule has 8 nitrogen and oxygen atoms in total. The maximum Gasteiger partial charge on any atom is 0.227 e. The predicted molar refractivity (Wildman–Crippen MR) is 139 cm³/mol. The fourth-order valence-electron chi connectivity index (χ4n) is 5.28. The second-order valence-electron chi connectivity index (χ2n) is 10.1. The highest BCUT2D eigenvalue weighted by molar-refractivity contribution is 5.83. The molecule has 37 heavy (non-hydrogen) atoms. The molecule has 0 radical (unpaired) electrons. The van der Waals surface area contributed by atoms with Crippen molar-refractivity contribution in [3.63, 3.8) is 0 Å². The molecule has 1 unspecified atom stereocenters. The van der Waals surface area contributed by atoms with Crippen LogP contribution in [0.5, 0.6) is 0 Å². The summed E-state index contributed by atoms with van der Waals surface area (Å²) in [7, 11) is 2.14. The van der Waals surface area contributed by atoms with Crippen LogP contribution in [0.2, 0.25) is 0 Å². The van der Waals surface area contributed by atoms with Crippen molar-refractivity contribution in [3.8, 4) is 11.3 Å². The molecule has 4 aromatic rings. The molecule has 3 aromatic heterocycles. The Labute approximate surface area is 214 Å².